The average molecular weight is 258 g/mol. The first-order chi connectivity index (χ1) is 9.26. The normalized spacial score (nSPS) is 30.2. The SMILES string of the molecule is N#Cc1ccc(C(O)CNC2CC3CCC2O3)cc1. The van der Waals surface area contributed by atoms with Crippen LogP contribution in [-0.4, -0.2) is 29.9 Å². The van der Waals surface area contributed by atoms with E-state index in [1.54, 1.807) is 12.1 Å². The Bertz CT molecular complexity index is 480. The maximum absolute atomic E-state index is 10.1. The lowest BCUT2D eigenvalue weighted by molar-refractivity contribution is 0.0942. The highest BCUT2D eigenvalue weighted by Crippen LogP contribution is 2.34. The van der Waals surface area contributed by atoms with Crippen molar-refractivity contribution in [2.75, 3.05) is 6.54 Å². The van der Waals surface area contributed by atoms with Gasteiger partial charge in [0.2, 0.25) is 0 Å². The number of benzene rings is 1. The van der Waals surface area contributed by atoms with Crippen molar-refractivity contribution in [3.05, 3.63) is 35.4 Å². The first kappa shape index (κ1) is 12.6. The van der Waals surface area contributed by atoms with Crippen LogP contribution in [0.2, 0.25) is 0 Å². The summed E-state index contributed by atoms with van der Waals surface area (Å²) in [5.74, 6) is 0. The van der Waals surface area contributed by atoms with Gasteiger partial charge in [0.25, 0.3) is 0 Å². The Morgan fingerprint density at radius 1 is 1.37 bits per heavy atom. The summed E-state index contributed by atoms with van der Waals surface area (Å²) in [5, 5.41) is 22.3. The first-order valence-electron chi connectivity index (χ1n) is 6.83. The van der Waals surface area contributed by atoms with Crippen LogP contribution < -0.4 is 5.32 Å². The summed E-state index contributed by atoms with van der Waals surface area (Å²) in [6, 6.07) is 9.54. The number of rotatable bonds is 4. The highest BCUT2D eigenvalue weighted by atomic mass is 16.5. The quantitative estimate of drug-likeness (QED) is 0.859. The molecule has 2 aliphatic heterocycles. The molecule has 0 amide bonds. The van der Waals surface area contributed by atoms with E-state index in [0.29, 0.717) is 30.4 Å². The Kier molecular flexibility index (Phi) is 3.52. The minimum Gasteiger partial charge on any atom is -0.387 e. The smallest absolute Gasteiger partial charge is 0.0991 e. The van der Waals surface area contributed by atoms with Gasteiger partial charge in [-0.05, 0) is 37.0 Å². The van der Waals surface area contributed by atoms with Gasteiger partial charge in [-0.2, -0.15) is 5.26 Å². The number of aliphatic hydroxyl groups is 1. The molecule has 3 rings (SSSR count). The first-order valence-corrected chi connectivity index (χ1v) is 6.83. The molecule has 1 aromatic carbocycles. The largest absolute Gasteiger partial charge is 0.387 e. The van der Waals surface area contributed by atoms with Crippen LogP contribution >= 0.6 is 0 Å². The topological polar surface area (TPSA) is 65.3 Å². The van der Waals surface area contributed by atoms with E-state index in [4.69, 9.17) is 10.00 Å². The Balaban J connectivity index is 1.53. The van der Waals surface area contributed by atoms with Crippen LogP contribution in [0.15, 0.2) is 24.3 Å². The van der Waals surface area contributed by atoms with Crippen LogP contribution in [0.25, 0.3) is 0 Å². The molecule has 1 aromatic rings. The lowest BCUT2D eigenvalue weighted by atomic mass is 9.95. The predicted octanol–water partition coefficient (Wildman–Crippen LogP) is 1.50. The van der Waals surface area contributed by atoms with Gasteiger partial charge >= 0.3 is 0 Å². The molecule has 0 radical (unpaired) electrons. The van der Waals surface area contributed by atoms with Gasteiger partial charge in [0, 0.05) is 12.6 Å². The lowest BCUT2D eigenvalue weighted by Crippen LogP contribution is -2.39. The molecule has 100 valence electrons. The molecule has 4 unspecified atom stereocenters. The molecule has 2 bridgehead atoms. The fraction of sp³-hybridized carbons (Fsp3) is 0.533. The van der Waals surface area contributed by atoms with Crippen molar-refractivity contribution >= 4 is 0 Å². The summed E-state index contributed by atoms with van der Waals surface area (Å²) in [6.45, 7) is 0.531. The molecule has 0 saturated carbocycles. The Hall–Kier alpha value is -1.41. The van der Waals surface area contributed by atoms with Gasteiger partial charge in [0.15, 0.2) is 0 Å². The molecular formula is C15H18N2O2. The second-order valence-corrected chi connectivity index (χ2v) is 5.37. The summed E-state index contributed by atoms with van der Waals surface area (Å²) in [5.41, 5.74) is 1.46. The molecule has 0 aromatic heterocycles. The number of ether oxygens (including phenoxy) is 1. The molecule has 0 aliphatic carbocycles. The number of hydrogen-bond acceptors (Lipinski definition) is 4. The van der Waals surface area contributed by atoms with Crippen molar-refractivity contribution in [3.8, 4) is 6.07 Å². The van der Waals surface area contributed by atoms with Crippen molar-refractivity contribution in [1.82, 2.24) is 5.32 Å². The number of nitrogens with one attached hydrogen (secondary N) is 1. The van der Waals surface area contributed by atoms with Gasteiger partial charge in [-0.3, -0.25) is 0 Å². The van der Waals surface area contributed by atoms with Gasteiger partial charge in [0.1, 0.15) is 0 Å². The highest BCUT2D eigenvalue weighted by molar-refractivity contribution is 5.32. The highest BCUT2D eigenvalue weighted by Gasteiger charge is 2.40. The molecule has 2 heterocycles. The minimum absolute atomic E-state index is 0.332. The Labute approximate surface area is 113 Å². The van der Waals surface area contributed by atoms with Crippen molar-refractivity contribution in [2.45, 2.75) is 43.6 Å². The van der Waals surface area contributed by atoms with Crippen molar-refractivity contribution in [2.24, 2.45) is 0 Å². The van der Waals surface area contributed by atoms with Crippen LogP contribution in [0, 0.1) is 11.3 Å². The molecule has 19 heavy (non-hydrogen) atoms. The molecule has 2 N–H and O–H groups in total. The van der Waals surface area contributed by atoms with E-state index < -0.39 is 6.10 Å². The van der Waals surface area contributed by atoms with Crippen LogP contribution in [0.3, 0.4) is 0 Å². The summed E-state index contributed by atoms with van der Waals surface area (Å²) in [7, 11) is 0. The summed E-state index contributed by atoms with van der Waals surface area (Å²) in [6.07, 6.45) is 3.60. The third-order valence-electron chi connectivity index (χ3n) is 4.10. The van der Waals surface area contributed by atoms with E-state index in [2.05, 4.69) is 11.4 Å². The van der Waals surface area contributed by atoms with Crippen LogP contribution in [0.4, 0.5) is 0 Å². The summed E-state index contributed by atoms with van der Waals surface area (Å²) in [4.78, 5) is 0. The van der Waals surface area contributed by atoms with E-state index in [-0.39, 0.29) is 0 Å². The molecule has 4 atom stereocenters. The minimum atomic E-state index is -0.535. The average Bonchev–Trinajstić information content (AvgIpc) is 3.07. The zero-order chi connectivity index (χ0) is 13.2. The third-order valence-corrected chi connectivity index (χ3v) is 4.10. The summed E-state index contributed by atoms with van der Waals surface area (Å²) >= 11 is 0. The van der Waals surface area contributed by atoms with Gasteiger partial charge in [0.05, 0.1) is 29.9 Å². The molecule has 2 saturated heterocycles. The molecular weight excluding hydrogens is 240 g/mol. The maximum Gasteiger partial charge on any atom is 0.0991 e. The fourth-order valence-electron chi connectivity index (χ4n) is 3.01. The Morgan fingerprint density at radius 3 is 2.74 bits per heavy atom. The lowest BCUT2D eigenvalue weighted by Gasteiger charge is -2.22. The van der Waals surface area contributed by atoms with E-state index in [9.17, 15) is 5.11 Å². The number of fused-ring (bicyclic) bond motifs is 2. The second-order valence-electron chi connectivity index (χ2n) is 5.37. The Morgan fingerprint density at radius 2 is 2.16 bits per heavy atom. The van der Waals surface area contributed by atoms with Crippen molar-refractivity contribution in [1.29, 1.82) is 5.26 Å². The van der Waals surface area contributed by atoms with Gasteiger partial charge in [-0.1, -0.05) is 12.1 Å². The van der Waals surface area contributed by atoms with Gasteiger partial charge in [-0.25, -0.2) is 0 Å². The molecule has 4 nitrogen and oxygen atoms in total. The second kappa shape index (κ2) is 5.30. The number of aliphatic hydroxyl groups excluding tert-OH is 1. The van der Waals surface area contributed by atoms with Gasteiger partial charge < -0.3 is 15.2 Å². The molecule has 4 heteroatoms. The zero-order valence-electron chi connectivity index (χ0n) is 10.7. The van der Waals surface area contributed by atoms with E-state index in [1.807, 2.05) is 12.1 Å². The van der Waals surface area contributed by atoms with Crippen molar-refractivity contribution < 1.29 is 9.84 Å². The molecule has 2 aliphatic rings. The monoisotopic (exact) mass is 258 g/mol. The fourth-order valence-corrected chi connectivity index (χ4v) is 3.01. The third kappa shape index (κ3) is 2.64. The molecule has 2 fully saturated rings. The predicted molar refractivity (Wildman–Crippen MR) is 70.4 cm³/mol. The number of nitriles is 1. The zero-order valence-corrected chi connectivity index (χ0v) is 10.7. The maximum atomic E-state index is 10.1. The van der Waals surface area contributed by atoms with E-state index in [0.717, 1.165) is 18.4 Å². The van der Waals surface area contributed by atoms with Crippen molar-refractivity contribution in [3.63, 3.8) is 0 Å². The standard InChI is InChI=1S/C15H18N2O2/c16-8-10-1-3-11(4-2-10)14(18)9-17-13-7-12-5-6-15(13)19-12/h1-4,12-15,17-18H,5-7,9H2. The number of hydrogen-bond donors (Lipinski definition) is 2. The van der Waals surface area contributed by atoms with E-state index >= 15 is 0 Å². The van der Waals surface area contributed by atoms with E-state index in [1.165, 1.54) is 6.42 Å². The van der Waals surface area contributed by atoms with Crippen LogP contribution in [0.5, 0.6) is 0 Å². The van der Waals surface area contributed by atoms with Crippen LogP contribution in [-0.2, 0) is 4.74 Å². The van der Waals surface area contributed by atoms with Gasteiger partial charge in [-0.15, -0.1) is 0 Å². The number of nitrogens with zero attached hydrogens (tertiary/aromatic N) is 1. The summed E-state index contributed by atoms with van der Waals surface area (Å²) < 4.78 is 5.77. The van der Waals surface area contributed by atoms with Crippen LogP contribution in [0.1, 0.15) is 36.5 Å². The molecule has 0 spiro atoms.